The fourth-order valence-corrected chi connectivity index (χ4v) is 4.04. The summed E-state index contributed by atoms with van der Waals surface area (Å²) in [6.07, 6.45) is -1.34. The molecule has 0 saturated heterocycles. The highest BCUT2D eigenvalue weighted by atomic mass is 16.5. The van der Waals surface area contributed by atoms with E-state index >= 15 is 0 Å². The van der Waals surface area contributed by atoms with Crippen molar-refractivity contribution in [3.8, 4) is 11.5 Å². The molecule has 14 nitrogen and oxygen atoms in total. The molecule has 2 bridgehead atoms. The van der Waals surface area contributed by atoms with Crippen molar-refractivity contribution in [2.24, 2.45) is 5.92 Å². The number of carboxylic acid groups (broad SMARTS) is 1. The molecule has 1 aliphatic heterocycles. The third-order valence-electron chi connectivity index (χ3n) is 6.54. The maximum atomic E-state index is 13.3. The molecule has 0 aliphatic carbocycles. The second-order valence-electron chi connectivity index (χ2n) is 9.77. The average Bonchev–Trinajstić information content (AvgIpc) is 2.88. The highest BCUT2D eigenvalue weighted by Gasteiger charge is 2.43. The molecule has 4 amide bonds. The van der Waals surface area contributed by atoms with Crippen LogP contribution < -0.4 is 31.3 Å². The number of likely N-dealkylation sites (N-methyl/N-ethyl adjacent to an activating group) is 1. The molecule has 0 radical (unpaired) electrons. The van der Waals surface area contributed by atoms with Crippen LogP contribution in [0.4, 0.5) is 0 Å². The van der Waals surface area contributed by atoms with E-state index in [1.54, 1.807) is 20.8 Å². The molecule has 5 atom stereocenters. The largest absolute Gasteiger partial charge is 0.504 e. The van der Waals surface area contributed by atoms with Crippen LogP contribution in [-0.4, -0.2) is 88.8 Å². The van der Waals surface area contributed by atoms with Gasteiger partial charge in [-0.25, -0.2) is 0 Å². The Morgan fingerprint density at radius 1 is 1.18 bits per heavy atom. The lowest BCUT2D eigenvalue weighted by Crippen LogP contribution is -2.64. The van der Waals surface area contributed by atoms with E-state index in [0.29, 0.717) is 0 Å². The molecule has 0 spiro atoms. The number of hydrogen-bond donors (Lipinski definition) is 8. The molecule has 0 fully saturated rings. The van der Waals surface area contributed by atoms with E-state index in [0.717, 1.165) is 0 Å². The predicted molar refractivity (Wildman–Crippen MR) is 138 cm³/mol. The number of nitrogens with one attached hydrogen (secondary N) is 5. The summed E-state index contributed by atoms with van der Waals surface area (Å²) >= 11 is 0. The molecule has 0 unspecified atom stereocenters. The number of benzene rings is 1. The fourth-order valence-electron chi connectivity index (χ4n) is 4.04. The van der Waals surface area contributed by atoms with Crippen LogP contribution >= 0.6 is 0 Å². The summed E-state index contributed by atoms with van der Waals surface area (Å²) < 4.78 is 6.08. The lowest BCUT2D eigenvalue weighted by molar-refractivity contribution is -0.141. The highest BCUT2D eigenvalue weighted by Crippen LogP contribution is 2.35. The highest BCUT2D eigenvalue weighted by molar-refractivity contribution is 5.95. The first-order valence-electron chi connectivity index (χ1n) is 12.5. The molecule has 1 aromatic rings. The zero-order valence-corrected chi connectivity index (χ0v) is 22.5. The van der Waals surface area contributed by atoms with Gasteiger partial charge in [0.2, 0.25) is 23.6 Å². The predicted octanol–water partition coefficient (Wildman–Crippen LogP) is -1.48. The van der Waals surface area contributed by atoms with E-state index in [9.17, 15) is 34.2 Å². The van der Waals surface area contributed by atoms with E-state index < -0.39 is 78.4 Å². The lowest BCUT2D eigenvalue weighted by Gasteiger charge is -2.38. The Morgan fingerprint density at radius 2 is 1.85 bits per heavy atom. The van der Waals surface area contributed by atoms with Gasteiger partial charge < -0.3 is 46.6 Å². The number of carbonyl (C=O) groups is 5. The van der Waals surface area contributed by atoms with Crippen LogP contribution in [0.3, 0.4) is 0 Å². The second kappa shape index (κ2) is 13.2. The smallest absolute Gasteiger partial charge is 0.322 e. The van der Waals surface area contributed by atoms with Crippen molar-refractivity contribution in [3.63, 3.8) is 0 Å². The van der Waals surface area contributed by atoms with Crippen LogP contribution in [0.2, 0.25) is 0 Å². The first-order valence-corrected chi connectivity index (χ1v) is 12.5. The van der Waals surface area contributed by atoms with Gasteiger partial charge in [-0.1, -0.05) is 26.8 Å². The van der Waals surface area contributed by atoms with Crippen molar-refractivity contribution in [2.75, 3.05) is 20.1 Å². The van der Waals surface area contributed by atoms with Gasteiger partial charge in [0.15, 0.2) is 11.5 Å². The molecule has 1 aromatic carbocycles. The van der Waals surface area contributed by atoms with E-state index in [2.05, 4.69) is 26.6 Å². The van der Waals surface area contributed by atoms with Crippen LogP contribution in [0.15, 0.2) is 18.2 Å². The third-order valence-corrected chi connectivity index (χ3v) is 6.54. The Bertz CT molecular complexity index is 1100. The number of rotatable bonds is 6. The van der Waals surface area contributed by atoms with Gasteiger partial charge in [0.05, 0.1) is 6.54 Å². The van der Waals surface area contributed by atoms with E-state index in [4.69, 9.17) is 9.84 Å². The number of phenols is 1. The molecule has 216 valence electrons. The normalized spacial score (nSPS) is 26.6. The SMILES string of the molecule is CC[C@@]1(C)Oc2cc(ccc2O)[C@@H](O)[C@H](NC)C(=O)NCC(=O)N[C@@H](C(C)C)C(=O)N[C@@H]1C(=O)NCC(=O)O. The van der Waals surface area contributed by atoms with Crippen LogP contribution in [-0.2, 0) is 24.0 Å². The molecule has 1 heterocycles. The summed E-state index contributed by atoms with van der Waals surface area (Å²) in [5.41, 5.74) is -1.38. The van der Waals surface area contributed by atoms with Crippen molar-refractivity contribution in [3.05, 3.63) is 23.8 Å². The van der Waals surface area contributed by atoms with Crippen molar-refractivity contribution < 1.29 is 44.0 Å². The van der Waals surface area contributed by atoms with Crippen LogP contribution in [0.25, 0.3) is 0 Å². The minimum atomic E-state index is -1.55. The van der Waals surface area contributed by atoms with E-state index in [1.807, 2.05) is 0 Å². The van der Waals surface area contributed by atoms with Crippen molar-refractivity contribution in [1.29, 1.82) is 0 Å². The number of aromatic hydroxyl groups is 1. The van der Waals surface area contributed by atoms with E-state index in [1.165, 1.54) is 32.2 Å². The zero-order chi connectivity index (χ0) is 29.5. The summed E-state index contributed by atoms with van der Waals surface area (Å²) in [7, 11) is 1.44. The standard InChI is InChI=1S/C25H37N5O9/c1-6-25(4)21(24(38)28-11-17(33)34)30-23(37)18(12(2)3)29-16(32)10-27-22(36)19(26-5)20(35)13-7-8-14(31)15(9-13)39-25/h7-9,12,18-21,26,31,35H,6,10-11H2,1-5H3,(H,27,36)(H,28,38)(H,29,32)(H,30,37)(H,33,34)/t18-,19-,20+,21+,25+/m0/s1. The van der Waals surface area contributed by atoms with Crippen molar-refractivity contribution in [1.82, 2.24) is 26.6 Å². The lowest BCUT2D eigenvalue weighted by atomic mass is 9.90. The van der Waals surface area contributed by atoms with Crippen LogP contribution in [0.5, 0.6) is 11.5 Å². The number of ether oxygens (including phenoxy) is 1. The Morgan fingerprint density at radius 3 is 2.41 bits per heavy atom. The Kier molecular flexibility index (Phi) is 10.6. The monoisotopic (exact) mass is 551 g/mol. The fraction of sp³-hybridized carbons (Fsp3) is 0.560. The van der Waals surface area contributed by atoms with Gasteiger partial charge in [-0.05, 0) is 44.0 Å². The molecule has 1 aliphatic rings. The van der Waals surface area contributed by atoms with Crippen LogP contribution in [0.1, 0.15) is 45.8 Å². The quantitative estimate of drug-likeness (QED) is 0.205. The summed E-state index contributed by atoms with van der Waals surface area (Å²) in [6.45, 7) is 5.23. The number of aliphatic hydroxyl groups excluding tert-OH is 1. The molecule has 14 heteroatoms. The van der Waals surface area contributed by atoms with Gasteiger partial charge >= 0.3 is 5.97 Å². The van der Waals surface area contributed by atoms with Gasteiger partial charge in [0.1, 0.15) is 36.4 Å². The van der Waals surface area contributed by atoms with Crippen molar-refractivity contribution >= 4 is 29.6 Å². The number of aliphatic carboxylic acids is 1. The minimum absolute atomic E-state index is 0.0882. The maximum absolute atomic E-state index is 13.3. The van der Waals surface area contributed by atoms with Gasteiger partial charge in [-0.15, -0.1) is 0 Å². The second-order valence-corrected chi connectivity index (χ2v) is 9.77. The zero-order valence-electron chi connectivity index (χ0n) is 22.5. The van der Waals surface area contributed by atoms with Gasteiger partial charge in [-0.3, -0.25) is 24.0 Å². The molecular formula is C25H37N5O9. The van der Waals surface area contributed by atoms with E-state index in [-0.39, 0.29) is 23.5 Å². The van der Waals surface area contributed by atoms with Gasteiger partial charge in [0.25, 0.3) is 0 Å². The number of phenolic OH excluding ortho intramolecular Hbond substituents is 1. The Labute approximate surface area is 225 Å². The molecule has 0 saturated carbocycles. The minimum Gasteiger partial charge on any atom is -0.504 e. The molecule has 39 heavy (non-hydrogen) atoms. The molecule has 0 aromatic heterocycles. The number of carbonyl (C=O) groups excluding carboxylic acids is 4. The Hall–Kier alpha value is -3.91. The maximum Gasteiger partial charge on any atom is 0.322 e. The van der Waals surface area contributed by atoms with Crippen molar-refractivity contribution in [2.45, 2.75) is 63.9 Å². The topological polar surface area (TPSA) is 215 Å². The summed E-state index contributed by atoms with van der Waals surface area (Å²) in [6, 6.07) is 0.0844. The first kappa shape index (κ1) is 31.3. The van der Waals surface area contributed by atoms with Gasteiger partial charge in [0, 0.05) is 0 Å². The Balaban J connectivity index is 2.67. The number of hydrogen-bond acceptors (Lipinski definition) is 9. The summed E-state index contributed by atoms with van der Waals surface area (Å²) in [4.78, 5) is 63.0. The van der Waals surface area contributed by atoms with Crippen LogP contribution in [0, 0.1) is 5.92 Å². The van der Waals surface area contributed by atoms with Gasteiger partial charge in [-0.2, -0.15) is 0 Å². The molecular weight excluding hydrogens is 514 g/mol. The molecule has 2 rings (SSSR count). The summed E-state index contributed by atoms with van der Waals surface area (Å²) in [5, 5.41) is 42.9. The third kappa shape index (κ3) is 7.80. The summed E-state index contributed by atoms with van der Waals surface area (Å²) in [5.74, 6) is -5.27. The number of fused-ring (bicyclic) bond motifs is 2. The number of carboxylic acids is 1. The average molecular weight is 552 g/mol. The number of amides is 4. The molecule has 8 N–H and O–H groups in total. The first-order chi connectivity index (χ1) is 18.2. The number of aliphatic hydroxyl groups is 1.